The van der Waals surface area contributed by atoms with Gasteiger partial charge >= 0.3 is 0 Å². The lowest BCUT2D eigenvalue weighted by Crippen LogP contribution is -2.50. The first kappa shape index (κ1) is 27.7. The van der Waals surface area contributed by atoms with Crippen molar-refractivity contribution >= 4 is 16.6 Å². The second-order valence-corrected chi connectivity index (χ2v) is 20.7. The number of rotatable bonds is 11. The van der Waals surface area contributed by atoms with Gasteiger partial charge in [0.25, 0.3) is 0 Å². The van der Waals surface area contributed by atoms with E-state index in [0.717, 1.165) is 19.3 Å². The largest absolute Gasteiger partial charge is 0.413 e. The molecule has 0 aromatic heterocycles. The summed E-state index contributed by atoms with van der Waals surface area (Å²) in [5.41, 5.74) is 0. The van der Waals surface area contributed by atoms with Gasteiger partial charge in [-0.1, -0.05) is 67.4 Å². The summed E-state index contributed by atoms with van der Waals surface area (Å²) in [6, 6.07) is 0. The van der Waals surface area contributed by atoms with Crippen LogP contribution in [0.3, 0.4) is 0 Å². The summed E-state index contributed by atoms with van der Waals surface area (Å²) in [4.78, 5) is 0. The highest BCUT2D eigenvalue weighted by atomic mass is 28.4. The average Bonchev–Trinajstić information content (AvgIpc) is 2.51. The molecule has 0 aliphatic rings. The van der Waals surface area contributed by atoms with E-state index in [9.17, 15) is 0 Å². The molecule has 0 bridgehead atoms. The standard InChI is InChI=1S/C24H48O2Si2/c1-14-17-19-20(21(16-3)25-27(10,11)23(4,5)6)22(18-15-2)26-28(12,13)24(7,8)9/h2,16,20-22H,3,14,17-19H2,1,4-13H3/t20-,21-,22-/m1/s1. The van der Waals surface area contributed by atoms with Crippen LogP contribution in [0, 0.1) is 18.3 Å². The molecule has 0 spiro atoms. The monoisotopic (exact) mass is 424 g/mol. The fourth-order valence-electron chi connectivity index (χ4n) is 2.78. The summed E-state index contributed by atoms with van der Waals surface area (Å²) >= 11 is 0. The first-order chi connectivity index (χ1) is 12.5. The van der Waals surface area contributed by atoms with E-state index in [0.29, 0.717) is 6.42 Å². The Morgan fingerprint density at radius 1 is 0.964 bits per heavy atom. The van der Waals surface area contributed by atoms with Gasteiger partial charge in [0, 0.05) is 12.3 Å². The van der Waals surface area contributed by atoms with E-state index < -0.39 is 16.6 Å². The molecule has 0 fully saturated rings. The van der Waals surface area contributed by atoms with Crippen LogP contribution in [0.5, 0.6) is 0 Å². The number of hydrogen-bond donors (Lipinski definition) is 0. The number of terminal acetylenes is 1. The highest BCUT2D eigenvalue weighted by molar-refractivity contribution is 6.74. The fraction of sp³-hybridized carbons (Fsp3) is 0.833. The molecule has 164 valence electrons. The summed E-state index contributed by atoms with van der Waals surface area (Å²) in [6.07, 6.45) is 11.8. The normalized spacial score (nSPS) is 16.9. The highest BCUT2D eigenvalue weighted by Crippen LogP contribution is 2.42. The molecule has 0 saturated heterocycles. The van der Waals surface area contributed by atoms with Crippen molar-refractivity contribution in [1.29, 1.82) is 0 Å². The molecule has 3 atom stereocenters. The van der Waals surface area contributed by atoms with Crippen LogP contribution >= 0.6 is 0 Å². The average molecular weight is 425 g/mol. The Labute approximate surface area is 179 Å². The van der Waals surface area contributed by atoms with Gasteiger partial charge in [-0.15, -0.1) is 18.9 Å². The van der Waals surface area contributed by atoms with E-state index in [1.54, 1.807) is 0 Å². The van der Waals surface area contributed by atoms with E-state index in [-0.39, 0.29) is 28.2 Å². The predicted molar refractivity (Wildman–Crippen MR) is 131 cm³/mol. The van der Waals surface area contributed by atoms with Crippen molar-refractivity contribution in [3.63, 3.8) is 0 Å². The fourth-order valence-corrected chi connectivity index (χ4v) is 5.45. The molecule has 0 unspecified atom stereocenters. The minimum atomic E-state index is -1.94. The molecule has 0 saturated carbocycles. The second-order valence-electron chi connectivity index (χ2n) is 11.2. The second kappa shape index (κ2) is 10.6. The third-order valence-corrected chi connectivity index (χ3v) is 15.8. The molecule has 0 rings (SSSR count). The van der Waals surface area contributed by atoms with Crippen molar-refractivity contribution in [2.24, 2.45) is 5.92 Å². The van der Waals surface area contributed by atoms with E-state index in [1.807, 2.05) is 6.08 Å². The van der Waals surface area contributed by atoms with E-state index in [1.165, 1.54) is 0 Å². The number of unbranched alkanes of at least 4 members (excludes halogenated alkanes) is 1. The minimum Gasteiger partial charge on any atom is -0.413 e. The van der Waals surface area contributed by atoms with Crippen molar-refractivity contribution < 1.29 is 8.85 Å². The van der Waals surface area contributed by atoms with Gasteiger partial charge < -0.3 is 8.85 Å². The maximum Gasteiger partial charge on any atom is 0.192 e. The SMILES string of the molecule is C#CC[C@@H](O[Si](C)(C)C(C)(C)C)[C@H](CCCC)[C@@H](C=C)O[Si](C)(C)C(C)(C)C. The molecule has 0 aliphatic heterocycles. The van der Waals surface area contributed by atoms with E-state index in [4.69, 9.17) is 15.3 Å². The molecular formula is C24H48O2Si2. The van der Waals surface area contributed by atoms with Crippen molar-refractivity contribution in [3.05, 3.63) is 12.7 Å². The molecule has 4 heteroatoms. The highest BCUT2D eigenvalue weighted by Gasteiger charge is 2.44. The minimum absolute atomic E-state index is 0.0180. The van der Waals surface area contributed by atoms with Gasteiger partial charge in [0.05, 0.1) is 12.2 Å². The van der Waals surface area contributed by atoms with Crippen molar-refractivity contribution in [1.82, 2.24) is 0 Å². The predicted octanol–water partition coefficient (Wildman–Crippen LogP) is 7.78. The molecule has 0 amide bonds. The third-order valence-electron chi connectivity index (χ3n) is 6.83. The molecule has 0 heterocycles. The molecule has 0 N–H and O–H groups in total. The number of hydrogen-bond acceptors (Lipinski definition) is 2. The maximum absolute atomic E-state index is 6.87. The molecule has 0 aliphatic carbocycles. The van der Waals surface area contributed by atoms with E-state index >= 15 is 0 Å². The Kier molecular flexibility index (Phi) is 10.5. The molecule has 0 aromatic rings. The quantitative estimate of drug-likeness (QED) is 0.191. The van der Waals surface area contributed by atoms with Gasteiger partial charge in [-0.2, -0.15) is 0 Å². The first-order valence-corrected chi connectivity index (χ1v) is 16.8. The lowest BCUT2D eigenvalue weighted by molar-refractivity contribution is 0.0444. The van der Waals surface area contributed by atoms with Crippen molar-refractivity contribution in [3.8, 4) is 12.3 Å². The van der Waals surface area contributed by atoms with Crippen LogP contribution in [0.2, 0.25) is 36.3 Å². The molecule has 2 nitrogen and oxygen atoms in total. The van der Waals surface area contributed by atoms with Crippen LogP contribution in [-0.4, -0.2) is 28.8 Å². The van der Waals surface area contributed by atoms with Crippen molar-refractivity contribution in [2.75, 3.05) is 0 Å². The summed E-state index contributed by atoms with van der Waals surface area (Å²) < 4.78 is 13.7. The molecule has 0 aromatic carbocycles. The van der Waals surface area contributed by atoms with E-state index in [2.05, 4.69) is 87.2 Å². The van der Waals surface area contributed by atoms with Crippen molar-refractivity contribution in [2.45, 2.75) is 123 Å². The van der Waals surface area contributed by atoms with Gasteiger partial charge in [0.1, 0.15) is 0 Å². The van der Waals surface area contributed by atoms with Crippen LogP contribution in [-0.2, 0) is 8.85 Å². The molecule has 28 heavy (non-hydrogen) atoms. The zero-order valence-electron chi connectivity index (χ0n) is 20.7. The lowest BCUT2D eigenvalue weighted by Gasteiger charge is -2.45. The zero-order valence-corrected chi connectivity index (χ0v) is 22.7. The Balaban J connectivity index is 5.90. The Bertz CT molecular complexity index is 518. The van der Waals surface area contributed by atoms with Crippen LogP contribution in [0.4, 0.5) is 0 Å². The smallest absolute Gasteiger partial charge is 0.192 e. The maximum atomic E-state index is 6.87. The van der Waals surface area contributed by atoms with Gasteiger partial charge in [0.2, 0.25) is 0 Å². The lowest BCUT2D eigenvalue weighted by atomic mass is 9.89. The van der Waals surface area contributed by atoms with Crippen LogP contribution in [0.15, 0.2) is 12.7 Å². The summed E-state index contributed by atoms with van der Waals surface area (Å²) in [6.45, 7) is 29.3. The molecular weight excluding hydrogens is 376 g/mol. The van der Waals surface area contributed by atoms with Gasteiger partial charge in [-0.05, 0) is 42.7 Å². The summed E-state index contributed by atoms with van der Waals surface area (Å²) in [5, 5.41) is 0.310. The first-order valence-electron chi connectivity index (χ1n) is 11.0. The van der Waals surface area contributed by atoms with Crippen LogP contribution in [0.1, 0.15) is 74.1 Å². The Morgan fingerprint density at radius 2 is 1.43 bits per heavy atom. The topological polar surface area (TPSA) is 18.5 Å². The van der Waals surface area contributed by atoms with Crippen LogP contribution in [0.25, 0.3) is 0 Å². The summed E-state index contributed by atoms with van der Waals surface area (Å²) in [7, 11) is -3.86. The zero-order chi connectivity index (χ0) is 22.4. The third kappa shape index (κ3) is 7.82. The summed E-state index contributed by atoms with van der Waals surface area (Å²) in [5.74, 6) is 3.14. The van der Waals surface area contributed by atoms with Gasteiger partial charge in [0.15, 0.2) is 16.6 Å². The Hall–Kier alpha value is -0.346. The van der Waals surface area contributed by atoms with Gasteiger partial charge in [-0.25, -0.2) is 0 Å². The molecule has 0 radical (unpaired) electrons. The van der Waals surface area contributed by atoms with Crippen LogP contribution < -0.4 is 0 Å². The Morgan fingerprint density at radius 3 is 1.79 bits per heavy atom. The van der Waals surface area contributed by atoms with Gasteiger partial charge in [-0.3, -0.25) is 0 Å².